The Morgan fingerprint density at radius 2 is 1.92 bits per heavy atom. The van der Waals surface area contributed by atoms with E-state index in [2.05, 4.69) is 5.32 Å². The van der Waals surface area contributed by atoms with Gasteiger partial charge >= 0.3 is 5.97 Å². The Labute approximate surface area is 150 Å². The van der Waals surface area contributed by atoms with Crippen LogP contribution >= 0.6 is 11.6 Å². The van der Waals surface area contributed by atoms with E-state index in [0.29, 0.717) is 10.6 Å². The van der Waals surface area contributed by atoms with Gasteiger partial charge in [-0.1, -0.05) is 23.7 Å². The first kappa shape index (κ1) is 19.7. The van der Waals surface area contributed by atoms with Gasteiger partial charge in [-0.25, -0.2) is 4.79 Å². The predicted octanol–water partition coefficient (Wildman–Crippen LogP) is 0.963. The van der Waals surface area contributed by atoms with Crippen molar-refractivity contribution in [2.45, 2.75) is 37.5 Å². The first-order chi connectivity index (χ1) is 11.9. The molecule has 1 aromatic rings. The number of aliphatic hydroxyl groups is 2. The number of benzene rings is 1. The fourth-order valence-corrected chi connectivity index (χ4v) is 2.75. The van der Waals surface area contributed by atoms with Gasteiger partial charge in [0.2, 0.25) is 0 Å². The van der Waals surface area contributed by atoms with Crippen molar-refractivity contribution in [3.63, 3.8) is 0 Å². The molecule has 0 radical (unpaired) electrons. The molecule has 8 heteroatoms. The molecule has 2 atom stereocenters. The third kappa shape index (κ3) is 4.92. The van der Waals surface area contributed by atoms with Crippen molar-refractivity contribution in [2.75, 3.05) is 19.8 Å². The van der Waals surface area contributed by atoms with Gasteiger partial charge < -0.3 is 25.0 Å². The zero-order valence-electron chi connectivity index (χ0n) is 13.9. The minimum absolute atomic E-state index is 0.132. The maximum Gasteiger partial charge on any atom is 0.333 e. The smallest absolute Gasteiger partial charge is 0.333 e. The second kappa shape index (κ2) is 8.62. The maximum atomic E-state index is 12.4. The van der Waals surface area contributed by atoms with E-state index in [4.69, 9.17) is 21.1 Å². The van der Waals surface area contributed by atoms with E-state index in [9.17, 15) is 19.8 Å². The molecule has 1 aliphatic rings. The van der Waals surface area contributed by atoms with Gasteiger partial charge in [0.05, 0.1) is 6.61 Å². The molecule has 1 aromatic carbocycles. The molecule has 138 valence electrons. The summed E-state index contributed by atoms with van der Waals surface area (Å²) in [6.45, 7) is 2.29. The van der Waals surface area contributed by atoms with Crippen LogP contribution in [0.4, 0.5) is 0 Å². The number of hydrogen-bond donors (Lipinski definition) is 3. The molecule has 3 N–H and O–H groups in total. The summed E-state index contributed by atoms with van der Waals surface area (Å²) in [5.41, 5.74) is -1.12. The average molecular weight is 372 g/mol. The van der Waals surface area contributed by atoms with Gasteiger partial charge in [-0.15, -0.1) is 0 Å². The van der Waals surface area contributed by atoms with Crippen molar-refractivity contribution in [3.05, 3.63) is 34.9 Å². The topological polar surface area (TPSA) is 105 Å². The molecule has 1 aliphatic heterocycles. The zero-order valence-corrected chi connectivity index (χ0v) is 14.7. The highest BCUT2D eigenvalue weighted by atomic mass is 35.5. The molecule has 1 fully saturated rings. The molecular weight excluding hydrogens is 350 g/mol. The lowest BCUT2D eigenvalue weighted by Crippen LogP contribution is -2.55. The van der Waals surface area contributed by atoms with Crippen LogP contribution in [-0.2, 0) is 19.1 Å². The molecule has 0 saturated carbocycles. The Morgan fingerprint density at radius 1 is 1.32 bits per heavy atom. The molecule has 2 unspecified atom stereocenters. The molecule has 1 amide bonds. The number of carbonyl (C=O) groups excluding carboxylic acids is 2. The van der Waals surface area contributed by atoms with Crippen LogP contribution in [0.25, 0.3) is 0 Å². The van der Waals surface area contributed by atoms with Crippen LogP contribution in [0.3, 0.4) is 0 Å². The van der Waals surface area contributed by atoms with E-state index in [1.807, 2.05) is 0 Å². The number of aliphatic hydroxyl groups excluding tert-OH is 1. The van der Waals surface area contributed by atoms with Crippen molar-refractivity contribution in [1.29, 1.82) is 0 Å². The number of rotatable bonds is 6. The fraction of sp³-hybridized carbons (Fsp3) is 0.529. The van der Waals surface area contributed by atoms with Crippen LogP contribution in [0.1, 0.15) is 31.4 Å². The highest BCUT2D eigenvalue weighted by molar-refractivity contribution is 6.30. The summed E-state index contributed by atoms with van der Waals surface area (Å²) >= 11 is 5.84. The summed E-state index contributed by atoms with van der Waals surface area (Å²) in [5.74, 6) is -1.51. The van der Waals surface area contributed by atoms with Crippen LogP contribution in [-0.4, -0.2) is 53.6 Å². The number of halogens is 1. The van der Waals surface area contributed by atoms with Crippen LogP contribution in [0.15, 0.2) is 24.3 Å². The molecule has 2 rings (SSSR count). The van der Waals surface area contributed by atoms with Crippen molar-refractivity contribution in [1.82, 2.24) is 5.32 Å². The second-order valence-corrected chi connectivity index (χ2v) is 6.30. The van der Waals surface area contributed by atoms with Crippen LogP contribution < -0.4 is 5.32 Å². The van der Waals surface area contributed by atoms with Crippen LogP contribution in [0, 0.1) is 0 Å². The van der Waals surface area contributed by atoms with Gasteiger partial charge in [-0.3, -0.25) is 4.79 Å². The number of carbonyl (C=O) groups is 2. The van der Waals surface area contributed by atoms with E-state index < -0.39 is 29.6 Å². The third-order valence-corrected chi connectivity index (χ3v) is 4.38. The number of ether oxygens (including phenoxy) is 2. The maximum absolute atomic E-state index is 12.4. The Hall–Kier alpha value is -1.67. The molecule has 0 bridgehead atoms. The minimum Gasteiger partial charge on any atom is -0.464 e. The van der Waals surface area contributed by atoms with Crippen LogP contribution in [0.5, 0.6) is 0 Å². The fourth-order valence-electron chi connectivity index (χ4n) is 2.62. The van der Waals surface area contributed by atoms with E-state index in [1.165, 1.54) is 0 Å². The van der Waals surface area contributed by atoms with Crippen molar-refractivity contribution >= 4 is 23.5 Å². The van der Waals surface area contributed by atoms with Crippen molar-refractivity contribution in [3.8, 4) is 0 Å². The number of hydrogen-bond acceptors (Lipinski definition) is 6. The lowest BCUT2D eigenvalue weighted by Gasteiger charge is -2.35. The van der Waals surface area contributed by atoms with Gasteiger partial charge in [0.15, 0.2) is 12.1 Å². The Bertz CT molecular complexity index is 600. The monoisotopic (exact) mass is 371 g/mol. The zero-order chi connectivity index (χ0) is 18.4. The first-order valence-electron chi connectivity index (χ1n) is 8.08. The van der Waals surface area contributed by atoms with Gasteiger partial charge in [0.25, 0.3) is 5.91 Å². The summed E-state index contributed by atoms with van der Waals surface area (Å²) < 4.78 is 10.1. The Kier molecular flexibility index (Phi) is 6.78. The van der Waals surface area contributed by atoms with Gasteiger partial charge in [0.1, 0.15) is 5.60 Å². The van der Waals surface area contributed by atoms with E-state index >= 15 is 0 Å². The standard InChI is InChI=1S/C17H22ClNO6/c1-2-25-16(22)13(11-3-5-12(18)6-4-11)19-15(21)14(20)17(23)7-9-24-10-8-17/h3-6,13-14,20,23H,2,7-10H2,1H3,(H,19,21). The van der Waals surface area contributed by atoms with E-state index in [0.717, 1.165) is 0 Å². The Morgan fingerprint density at radius 3 is 2.48 bits per heavy atom. The van der Waals surface area contributed by atoms with Gasteiger partial charge in [-0.05, 0) is 24.6 Å². The predicted molar refractivity (Wildman–Crippen MR) is 90.0 cm³/mol. The number of nitrogens with one attached hydrogen (secondary N) is 1. The normalized spacial score (nSPS) is 18.9. The summed E-state index contributed by atoms with van der Waals surface area (Å²) in [6, 6.07) is 5.22. The van der Waals surface area contributed by atoms with Crippen molar-refractivity contribution < 1.29 is 29.3 Å². The first-order valence-corrected chi connectivity index (χ1v) is 8.46. The largest absolute Gasteiger partial charge is 0.464 e. The molecule has 1 heterocycles. The van der Waals surface area contributed by atoms with Gasteiger partial charge in [0, 0.05) is 31.1 Å². The summed E-state index contributed by atoms with van der Waals surface area (Å²) in [5, 5.41) is 23.6. The summed E-state index contributed by atoms with van der Waals surface area (Å²) in [6.07, 6.45) is -1.42. The Balaban J connectivity index is 2.16. The molecule has 7 nitrogen and oxygen atoms in total. The molecule has 0 aliphatic carbocycles. The highest BCUT2D eigenvalue weighted by Crippen LogP contribution is 2.26. The summed E-state index contributed by atoms with van der Waals surface area (Å²) in [4.78, 5) is 24.6. The third-order valence-electron chi connectivity index (χ3n) is 4.13. The quantitative estimate of drug-likeness (QED) is 0.643. The lowest BCUT2D eigenvalue weighted by atomic mass is 9.87. The molecule has 25 heavy (non-hydrogen) atoms. The molecular formula is C17H22ClNO6. The average Bonchev–Trinajstić information content (AvgIpc) is 2.60. The molecule has 0 aromatic heterocycles. The van der Waals surface area contributed by atoms with E-state index in [-0.39, 0.29) is 32.7 Å². The highest BCUT2D eigenvalue weighted by Gasteiger charge is 2.42. The number of esters is 1. The van der Waals surface area contributed by atoms with Gasteiger partial charge in [-0.2, -0.15) is 0 Å². The lowest BCUT2D eigenvalue weighted by molar-refractivity contribution is -0.163. The second-order valence-electron chi connectivity index (χ2n) is 5.86. The number of amides is 1. The molecule has 0 spiro atoms. The summed E-state index contributed by atoms with van der Waals surface area (Å²) in [7, 11) is 0. The SMILES string of the molecule is CCOC(=O)C(NC(=O)C(O)C1(O)CCOCC1)c1ccc(Cl)cc1. The van der Waals surface area contributed by atoms with Crippen molar-refractivity contribution in [2.24, 2.45) is 0 Å². The van der Waals surface area contributed by atoms with Crippen LogP contribution in [0.2, 0.25) is 5.02 Å². The molecule has 1 saturated heterocycles. The van der Waals surface area contributed by atoms with E-state index in [1.54, 1.807) is 31.2 Å². The minimum atomic E-state index is -1.68.